The number of nitrogen functional groups attached to an aromatic ring is 1. The first kappa shape index (κ1) is 14.7. The number of piperidine rings is 1. The van der Waals surface area contributed by atoms with Crippen LogP contribution in [-0.4, -0.2) is 29.5 Å². The van der Waals surface area contributed by atoms with Crippen LogP contribution in [-0.2, 0) is 0 Å². The summed E-state index contributed by atoms with van der Waals surface area (Å²) in [7, 11) is 0. The summed E-state index contributed by atoms with van der Waals surface area (Å²) in [5.41, 5.74) is 7.00. The highest BCUT2D eigenvalue weighted by molar-refractivity contribution is 5.98. The number of benzene rings is 1. The number of amides is 1. The molecule has 1 aliphatic rings. The summed E-state index contributed by atoms with van der Waals surface area (Å²) in [5, 5.41) is 0. The predicted octanol–water partition coefficient (Wildman–Crippen LogP) is 3.07. The van der Waals surface area contributed by atoms with Crippen molar-refractivity contribution in [3.8, 4) is 5.75 Å². The number of anilines is 1. The van der Waals surface area contributed by atoms with Crippen LogP contribution in [0.1, 0.15) is 50.4 Å². The second-order valence-electron chi connectivity index (χ2n) is 5.53. The summed E-state index contributed by atoms with van der Waals surface area (Å²) < 4.78 is 5.57. The van der Waals surface area contributed by atoms with Crippen molar-refractivity contribution in [2.24, 2.45) is 0 Å². The van der Waals surface area contributed by atoms with E-state index < -0.39 is 0 Å². The number of carbonyl (C=O) groups is 1. The van der Waals surface area contributed by atoms with Crippen molar-refractivity contribution in [1.82, 2.24) is 4.90 Å². The lowest BCUT2D eigenvalue weighted by molar-refractivity contribution is 0.0507. The Kier molecular flexibility index (Phi) is 4.53. The molecule has 4 heteroatoms. The van der Waals surface area contributed by atoms with Gasteiger partial charge in [-0.25, -0.2) is 0 Å². The Morgan fingerprint density at radius 3 is 2.60 bits per heavy atom. The minimum Gasteiger partial charge on any atom is -0.493 e. The normalized spacial score (nSPS) is 22.6. The Morgan fingerprint density at radius 1 is 1.35 bits per heavy atom. The maximum atomic E-state index is 12.9. The Labute approximate surface area is 120 Å². The number of carbonyl (C=O) groups excluding carboxylic acids is 1. The highest BCUT2D eigenvalue weighted by Gasteiger charge is 2.31. The van der Waals surface area contributed by atoms with Crippen LogP contribution < -0.4 is 10.5 Å². The second-order valence-corrected chi connectivity index (χ2v) is 5.53. The fourth-order valence-corrected chi connectivity index (χ4v) is 2.96. The van der Waals surface area contributed by atoms with Crippen molar-refractivity contribution in [3.63, 3.8) is 0 Å². The molecule has 1 aromatic carbocycles. The maximum Gasteiger partial charge on any atom is 0.258 e. The van der Waals surface area contributed by atoms with Gasteiger partial charge in [0.25, 0.3) is 5.91 Å². The number of nitrogens with zero attached hydrogens (tertiary/aromatic N) is 1. The molecule has 0 radical (unpaired) electrons. The summed E-state index contributed by atoms with van der Waals surface area (Å²) in [6, 6.07) is 5.81. The molecule has 0 unspecified atom stereocenters. The van der Waals surface area contributed by atoms with E-state index in [1.165, 1.54) is 6.42 Å². The van der Waals surface area contributed by atoms with Gasteiger partial charge in [-0.1, -0.05) is 0 Å². The predicted molar refractivity (Wildman–Crippen MR) is 81.0 cm³/mol. The zero-order chi connectivity index (χ0) is 14.7. The molecule has 1 saturated heterocycles. The zero-order valence-corrected chi connectivity index (χ0v) is 12.6. The highest BCUT2D eigenvalue weighted by atomic mass is 16.5. The minimum atomic E-state index is 0.0282. The Bertz CT molecular complexity index is 477. The molecule has 0 saturated carbocycles. The van der Waals surface area contributed by atoms with Crippen molar-refractivity contribution in [1.29, 1.82) is 0 Å². The summed E-state index contributed by atoms with van der Waals surface area (Å²) in [6.07, 6.45) is 3.30. The number of ether oxygens (including phenoxy) is 1. The number of hydrogen-bond acceptors (Lipinski definition) is 3. The van der Waals surface area contributed by atoms with Gasteiger partial charge in [0.15, 0.2) is 0 Å². The van der Waals surface area contributed by atoms with Crippen LogP contribution in [0.15, 0.2) is 18.2 Å². The van der Waals surface area contributed by atoms with E-state index in [-0.39, 0.29) is 18.0 Å². The number of rotatable bonds is 3. The molecule has 0 bridgehead atoms. The maximum absolute atomic E-state index is 12.9. The van der Waals surface area contributed by atoms with Crippen LogP contribution in [0.2, 0.25) is 0 Å². The van der Waals surface area contributed by atoms with Crippen LogP contribution in [0.4, 0.5) is 5.69 Å². The van der Waals surface area contributed by atoms with Crippen molar-refractivity contribution >= 4 is 11.6 Å². The van der Waals surface area contributed by atoms with E-state index in [4.69, 9.17) is 10.5 Å². The van der Waals surface area contributed by atoms with Gasteiger partial charge in [0.2, 0.25) is 0 Å². The molecule has 0 aliphatic carbocycles. The van der Waals surface area contributed by atoms with Crippen LogP contribution in [0.5, 0.6) is 5.75 Å². The first-order valence-electron chi connectivity index (χ1n) is 7.39. The molecular formula is C16H24N2O2. The highest BCUT2D eigenvalue weighted by Crippen LogP contribution is 2.29. The molecule has 2 atom stereocenters. The van der Waals surface area contributed by atoms with E-state index in [1.807, 2.05) is 11.8 Å². The first-order valence-corrected chi connectivity index (χ1v) is 7.39. The van der Waals surface area contributed by atoms with Gasteiger partial charge in [0, 0.05) is 17.8 Å². The number of nitrogens with two attached hydrogens (primary N) is 1. The second kappa shape index (κ2) is 6.16. The summed E-state index contributed by atoms with van der Waals surface area (Å²) in [6.45, 7) is 6.67. The van der Waals surface area contributed by atoms with Crippen molar-refractivity contribution in [3.05, 3.63) is 23.8 Å². The molecule has 1 amide bonds. The third kappa shape index (κ3) is 2.89. The summed E-state index contributed by atoms with van der Waals surface area (Å²) in [4.78, 5) is 14.8. The molecular weight excluding hydrogens is 252 g/mol. The average molecular weight is 276 g/mol. The summed E-state index contributed by atoms with van der Waals surface area (Å²) in [5.74, 6) is 0.650. The van der Waals surface area contributed by atoms with Gasteiger partial charge in [-0.3, -0.25) is 4.79 Å². The molecule has 1 heterocycles. The van der Waals surface area contributed by atoms with E-state index in [0.29, 0.717) is 23.6 Å². The van der Waals surface area contributed by atoms with Crippen LogP contribution in [0, 0.1) is 0 Å². The molecule has 1 aromatic rings. The van der Waals surface area contributed by atoms with Crippen molar-refractivity contribution < 1.29 is 9.53 Å². The van der Waals surface area contributed by atoms with Gasteiger partial charge in [-0.2, -0.15) is 0 Å². The molecule has 1 aliphatic heterocycles. The lowest BCUT2D eigenvalue weighted by atomic mass is 9.96. The molecule has 0 spiro atoms. The van der Waals surface area contributed by atoms with Gasteiger partial charge in [0.1, 0.15) is 5.75 Å². The number of likely N-dealkylation sites (tertiary alicyclic amines) is 1. The molecule has 4 nitrogen and oxygen atoms in total. The smallest absolute Gasteiger partial charge is 0.258 e. The van der Waals surface area contributed by atoms with E-state index in [2.05, 4.69) is 13.8 Å². The molecule has 2 rings (SSSR count). The Morgan fingerprint density at radius 2 is 2.00 bits per heavy atom. The van der Waals surface area contributed by atoms with Gasteiger partial charge in [0.05, 0.1) is 12.2 Å². The van der Waals surface area contributed by atoms with E-state index in [9.17, 15) is 4.79 Å². The van der Waals surface area contributed by atoms with Crippen LogP contribution >= 0.6 is 0 Å². The fraction of sp³-hybridized carbons (Fsp3) is 0.562. The van der Waals surface area contributed by atoms with Crippen LogP contribution in [0.25, 0.3) is 0 Å². The monoisotopic (exact) mass is 276 g/mol. The van der Waals surface area contributed by atoms with E-state index in [0.717, 1.165) is 12.8 Å². The van der Waals surface area contributed by atoms with E-state index in [1.54, 1.807) is 18.2 Å². The van der Waals surface area contributed by atoms with Gasteiger partial charge in [-0.15, -0.1) is 0 Å². The summed E-state index contributed by atoms with van der Waals surface area (Å²) >= 11 is 0. The molecule has 110 valence electrons. The number of hydrogen-bond donors (Lipinski definition) is 1. The third-order valence-electron chi connectivity index (χ3n) is 3.96. The van der Waals surface area contributed by atoms with Crippen molar-refractivity contribution in [2.75, 3.05) is 12.3 Å². The van der Waals surface area contributed by atoms with Gasteiger partial charge in [-0.05, 0) is 58.2 Å². The zero-order valence-electron chi connectivity index (χ0n) is 12.6. The Balaban J connectivity index is 2.34. The van der Waals surface area contributed by atoms with Crippen molar-refractivity contribution in [2.45, 2.75) is 52.1 Å². The lowest BCUT2D eigenvalue weighted by Crippen LogP contribution is -2.47. The van der Waals surface area contributed by atoms with Crippen LogP contribution in [0.3, 0.4) is 0 Å². The minimum absolute atomic E-state index is 0.0282. The standard InChI is InChI=1S/C16H24N2O2/c1-4-20-15-9-8-13(17)10-14(15)16(19)18-11(2)6-5-7-12(18)3/h8-12H,4-7,17H2,1-3H3/t11-,12-/m1/s1. The SMILES string of the molecule is CCOc1ccc(N)cc1C(=O)N1[C@H](C)CCC[C@H]1C. The molecule has 0 aromatic heterocycles. The topological polar surface area (TPSA) is 55.6 Å². The Hall–Kier alpha value is -1.71. The van der Waals surface area contributed by atoms with Gasteiger partial charge >= 0.3 is 0 Å². The molecule has 20 heavy (non-hydrogen) atoms. The third-order valence-corrected chi connectivity index (χ3v) is 3.96. The largest absolute Gasteiger partial charge is 0.493 e. The fourth-order valence-electron chi connectivity index (χ4n) is 2.96. The molecule has 2 N–H and O–H groups in total. The van der Waals surface area contributed by atoms with E-state index >= 15 is 0 Å². The average Bonchev–Trinajstić information content (AvgIpc) is 2.40. The quantitative estimate of drug-likeness (QED) is 0.863. The first-order chi connectivity index (χ1) is 9.54. The van der Waals surface area contributed by atoms with Gasteiger partial charge < -0.3 is 15.4 Å². The molecule has 1 fully saturated rings. The lowest BCUT2D eigenvalue weighted by Gasteiger charge is -2.39.